The lowest BCUT2D eigenvalue weighted by Gasteiger charge is -2.49. The number of benzene rings is 2. The van der Waals surface area contributed by atoms with Crippen LogP contribution in [0.5, 0.6) is 0 Å². The number of aryl methyl sites for hydroxylation is 2. The molecule has 3 atom stereocenters. The Balaban J connectivity index is 1.69. The monoisotopic (exact) mass is 403 g/mol. The number of hydrazone groups is 1. The summed E-state index contributed by atoms with van der Waals surface area (Å²) in [4.78, 5) is 26.9. The Morgan fingerprint density at radius 1 is 1.00 bits per heavy atom. The first-order valence-corrected chi connectivity index (χ1v) is 10.6. The van der Waals surface area contributed by atoms with Crippen molar-refractivity contribution in [2.45, 2.75) is 43.9 Å². The number of fused-ring (bicyclic) bond motifs is 3. The number of carbonyl (C=O) groups is 2. The minimum Gasteiger partial charge on any atom is -0.382 e. The number of piperazine rings is 1. The molecule has 30 heavy (non-hydrogen) atoms. The number of amides is 1. The lowest BCUT2D eigenvalue weighted by Crippen LogP contribution is -2.67. The fraction of sp³-hybridized carbons (Fsp3) is 0.375. The number of Topliss-reactive ketones (excluding diaryl/α,β-unsaturated/α-hetero) is 1. The van der Waals surface area contributed by atoms with Gasteiger partial charge in [-0.2, -0.15) is 5.10 Å². The first-order chi connectivity index (χ1) is 14.6. The summed E-state index contributed by atoms with van der Waals surface area (Å²) in [6, 6.07) is 15.8. The van der Waals surface area contributed by atoms with Gasteiger partial charge in [0.05, 0.1) is 12.3 Å². The standard InChI is InChI=1S/C24H25N3O3/c1-2-26-14-19(27-22(24(26)30)23(29)20(28)13-25-27)21-17-9-5-3-7-15(17)11-12-16-8-4-6-10-18(16)21/h3-10,13,19,21-23,29H,2,11-12,14H2,1H3/t19-,22?,23?/m0/s1. The van der Waals surface area contributed by atoms with E-state index in [1.807, 2.05) is 6.92 Å². The summed E-state index contributed by atoms with van der Waals surface area (Å²) < 4.78 is 0. The van der Waals surface area contributed by atoms with Crippen molar-refractivity contribution in [1.29, 1.82) is 0 Å². The highest BCUT2D eigenvalue weighted by Crippen LogP contribution is 2.41. The molecule has 0 radical (unpaired) electrons. The topological polar surface area (TPSA) is 73.2 Å². The average molecular weight is 403 g/mol. The Labute approximate surface area is 175 Å². The lowest BCUT2D eigenvalue weighted by molar-refractivity contribution is -0.156. The molecule has 5 rings (SSSR count). The summed E-state index contributed by atoms with van der Waals surface area (Å²) >= 11 is 0. The zero-order chi connectivity index (χ0) is 20.8. The average Bonchev–Trinajstić information content (AvgIpc) is 2.93. The Morgan fingerprint density at radius 3 is 2.20 bits per heavy atom. The van der Waals surface area contributed by atoms with Crippen molar-refractivity contribution in [3.8, 4) is 0 Å². The number of ketones is 1. The van der Waals surface area contributed by atoms with Crippen molar-refractivity contribution < 1.29 is 14.7 Å². The Hall–Kier alpha value is -2.99. The second kappa shape index (κ2) is 7.36. The second-order valence-electron chi connectivity index (χ2n) is 8.24. The number of aliphatic hydroxyl groups excluding tert-OH is 1. The number of aliphatic hydroxyl groups is 1. The molecule has 1 fully saturated rings. The van der Waals surface area contributed by atoms with Crippen molar-refractivity contribution in [3.05, 3.63) is 70.8 Å². The number of hydrogen-bond acceptors (Lipinski definition) is 5. The van der Waals surface area contributed by atoms with E-state index in [0.717, 1.165) is 19.1 Å². The van der Waals surface area contributed by atoms with Crippen LogP contribution >= 0.6 is 0 Å². The van der Waals surface area contributed by atoms with Gasteiger partial charge in [0.1, 0.15) is 6.10 Å². The molecular weight excluding hydrogens is 378 g/mol. The smallest absolute Gasteiger partial charge is 0.250 e. The fourth-order valence-electron chi connectivity index (χ4n) is 5.22. The Kier molecular flexibility index (Phi) is 4.66. The molecule has 1 amide bonds. The fourth-order valence-corrected chi connectivity index (χ4v) is 5.22. The van der Waals surface area contributed by atoms with E-state index in [1.165, 1.54) is 22.3 Å². The van der Waals surface area contributed by atoms with Gasteiger partial charge >= 0.3 is 0 Å². The van der Waals surface area contributed by atoms with Crippen LogP contribution in [0, 0.1) is 0 Å². The third kappa shape index (κ3) is 2.86. The van der Waals surface area contributed by atoms with Gasteiger partial charge in [-0.1, -0.05) is 48.5 Å². The third-order valence-corrected chi connectivity index (χ3v) is 6.72. The van der Waals surface area contributed by atoms with Gasteiger partial charge in [0.2, 0.25) is 11.7 Å². The van der Waals surface area contributed by atoms with E-state index in [2.05, 4.69) is 53.6 Å². The molecule has 2 unspecified atom stereocenters. The normalized spacial score (nSPS) is 26.1. The van der Waals surface area contributed by atoms with Gasteiger partial charge in [-0.05, 0) is 42.0 Å². The van der Waals surface area contributed by atoms with Gasteiger partial charge in [0, 0.05) is 19.0 Å². The first kappa shape index (κ1) is 19.0. The number of carbonyl (C=O) groups excluding carboxylic acids is 2. The Bertz CT molecular complexity index is 986. The van der Waals surface area contributed by atoms with Gasteiger partial charge in [0.15, 0.2) is 6.04 Å². The molecule has 0 aromatic heterocycles. The molecule has 1 saturated heterocycles. The molecule has 1 N–H and O–H groups in total. The first-order valence-electron chi connectivity index (χ1n) is 10.6. The number of hydrogen-bond donors (Lipinski definition) is 1. The maximum atomic E-state index is 13.0. The minimum absolute atomic E-state index is 0.0119. The van der Waals surface area contributed by atoms with Gasteiger partial charge in [-0.25, -0.2) is 0 Å². The van der Waals surface area contributed by atoms with E-state index >= 15 is 0 Å². The molecule has 0 saturated carbocycles. The highest BCUT2D eigenvalue weighted by atomic mass is 16.3. The van der Waals surface area contributed by atoms with Gasteiger partial charge in [0.25, 0.3) is 0 Å². The van der Waals surface area contributed by atoms with E-state index in [1.54, 1.807) is 9.91 Å². The Morgan fingerprint density at radius 2 is 1.60 bits per heavy atom. The van der Waals surface area contributed by atoms with Crippen LogP contribution in [-0.4, -0.2) is 64.2 Å². The molecular formula is C24H25N3O3. The van der Waals surface area contributed by atoms with E-state index in [0.29, 0.717) is 13.1 Å². The number of rotatable bonds is 2. The molecule has 1 aliphatic carbocycles. The molecule has 3 aliphatic rings. The van der Waals surface area contributed by atoms with Gasteiger partial charge in [-0.15, -0.1) is 0 Å². The van der Waals surface area contributed by atoms with Gasteiger partial charge < -0.3 is 10.0 Å². The predicted molar refractivity (Wildman–Crippen MR) is 113 cm³/mol. The summed E-state index contributed by atoms with van der Waals surface area (Å²) in [7, 11) is 0. The van der Waals surface area contributed by atoms with Crippen LogP contribution in [0.4, 0.5) is 0 Å². The largest absolute Gasteiger partial charge is 0.382 e. The lowest BCUT2D eigenvalue weighted by atomic mass is 9.80. The molecule has 0 spiro atoms. The minimum atomic E-state index is -1.39. The highest BCUT2D eigenvalue weighted by molar-refractivity contribution is 6.31. The van der Waals surface area contributed by atoms with Crippen molar-refractivity contribution in [2.24, 2.45) is 5.10 Å². The summed E-state index contributed by atoms with van der Waals surface area (Å²) in [6.07, 6.45) is 1.70. The maximum absolute atomic E-state index is 13.0. The van der Waals surface area contributed by atoms with Crippen molar-refractivity contribution in [2.75, 3.05) is 13.1 Å². The molecule has 2 aromatic carbocycles. The molecule has 6 nitrogen and oxygen atoms in total. The summed E-state index contributed by atoms with van der Waals surface area (Å²) in [5.41, 5.74) is 5.07. The van der Waals surface area contributed by atoms with Gasteiger partial charge in [-0.3, -0.25) is 14.6 Å². The summed E-state index contributed by atoms with van der Waals surface area (Å²) in [5.74, 6) is -0.758. The quantitative estimate of drug-likeness (QED) is 0.829. The number of nitrogens with zero attached hydrogens (tertiary/aromatic N) is 3. The van der Waals surface area contributed by atoms with E-state index in [4.69, 9.17) is 0 Å². The predicted octanol–water partition coefficient (Wildman–Crippen LogP) is 1.75. The van der Waals surface area contributed by atoms with E-state index < -0.39 is 17.9 Å². The van der Waals surface area contributed by atoms with Crippen LogP contribution < -0.4 is 0 Å². The van der Waals surface area contributed by atoms with Crippen LogP contribution in [0.3, 0.4) is 0 Å². The highest BCUT2D eigenvalue weighted by Gasteiger charge is 2.50. The van der Waals surface area contributed by atoms with E-state index in [-0.39, 0.29) is 17.9 Å². The molecule has 2 aliphatic heterocycles. The zero-order valence-corrected chi connectivity index (χ0v) is 16.9. The molecule has 2 heterocycles. The number of likely N-dealkylation sites (N-methyl/N-ethyl adjacent to an activating group) is 1. The van der Waals surface area contributed by atoms with Crippen molar-refractivity contribution >= 4 is 17.9 Å². The molecule has 2 aromatic rings. The SMILES string of the molecule is CCN1C[C@@H](C2c3ccccc3CCc3ccccc32)N2N=CC(=O)C(O)C2C1=O. The third-order valence-electron chi connectivity index (χ3n) is 6.72. The van der Waals surface area contributed by atoms with Crippen LogP contribution in [-0.2, 0) is 22.4 Å². The molecule has 6 heteroatoms. The summed E-state index contributed by atoms with van der Waals surface area (Å²) in [6.45, 7) is 2.96. The van der Waals surface area contributed by atoms with Crippen LogP contribution in [0.2, 0.25) is 0 Å². The van der Waals surface area contributed by atoms with Crippen molar-refractivity contribution in [3.63, 3.8) is 0 Å². The maximum Gasteiger partial charge on any atom is 0.250 e. The second-order valence-corrected chi connectivity index (χ2v) is 8.24. The summed E-state index contributed by atoms with van der Waals surface area (Å²) in [5, 5.41) is 16.7. The van der Waals surface area contributed by atoms with E-state index in [9.17, 15) is 14.7 Å². The zero-order valence-electron chi connectivity index (χ0n) is 16.9. The van der Waals surface area contributed by atoms with Crippen molar-refractivity contribution in [1.82, 2.24) is 9.91 Å². The molecule has 154 valence electrons. The van der Waals surface area contributed by atoms with Crippen LogP contribution in [0.25, 0.3) is 0 Å². The molecule has 0 bridgehead atoms. The van der Waals surface area contributed by atoms with Crippen LogP contribution in [0.1, 0.15) is 35.1 Å². The van der Waals surface area contributed by atoms with Crippen LogP contribution in [0.15, 0.2) is 53.6 Å².